The van der Waals surface area contributed by atoms with Crippen LogP contribution in [-0.4, -0.2) is 24.8 Å². The molecular weight excluding hydrogens is 252 g/mol. The van der Waals surface area contributed by atoms with Gasteiger partial charge in [0, 0.05) is 13.1 Å². The van der Waals surface area contributed by atoms with Crippen molar-refractivity contribution < 1.29 is 9.59 Å². The molecule has 4 nitrogen and oxygen atoms in total. The molecule has 0 atom stereocenters. The highest BCUT2D eigenvalue weighted by molar-refractivity contribution is 6.52. The molecule has 0 radical (unpaired) electrons. The molecule has 18 heavy (non-hydrogen) atoms. The molecule has 1 aliphatic heterocycles. The molecule has 0 fully saturated rings. The first-order valence-corrected chi connectivity index (χ1v) is 6.40. The minimum atomic E-state index is -0.586. The van der Waals surface area contributed by atoms with Crippen molar-refractivity contribution >= 4 is 34.7 Å². The van der Waals surface area contributed by atoms with Crippen molar-refractivity contribution in [1.29, 1.82) is 0 Å². The lowest BCUT2D eigenvalue weighted by Gasteiger charge is -2.24. The molecule has 0 saturated heterocycles. The molecule has 2 rings (SSSR count). The van der Waals surface area contributed by atoms with Gasteiger partial charge in [0.2, 0.25) is 0 Å². The molecule has 96 valence electrons. The Morgan fingerprint density at radius 2 is 2.00 bits per heavy atom. The van der Waals surface area contributed by atoms with Crippen LogP contribution < -0.4 is 10.2 Å². The second kappa shape index (κ2) is 4.98. The highest BCUT2D eigenvalue weighted by atomic mass is 35.5. The van der Waals surface area contributed by atoms with Gasteiger partial charge in [0.15, 0.2) is 0 Å². The summed E-state index contributed by atoms with van der Waals surface area (Å²) < 4.78 is 0. The maximum Gasteiger partial charge on any atom is 0.296 e. The molecule has 1 heterocycles. The number of halogens is 1. The van der Waals surface area contributed by atoms with Crippen LogP contribution >= 0.6 is 11.6 Å². The predicted molar refractivity (Wildman–Crippen MR) is 72.6 cm³/mol. The summed E-state index contributed by atoms with van der Waals surface area (Å²) in [5, 5.41) is 3.07. The first-order valence-electron chi connectivity index (χ1n) is 6.02. The quantitative estimate of drug-likeness (QED) is 0.853. The van der Waals surface area contributed by atoms with Crippen molar-refractivity contribution in [3.63, 3.8) is 0 Å². The number of ketones is 1. The molecule has 1 aromatic rings. The third kappa shape index (κ3) is 2.08. The Bertz CT molecular complexity index is 514. The largest absolute Gasteiger partial charge is 0.371 e. The maximum absolute atomic E-state index is 11.5. The van der Waals surface area contributed by atoms with E-state index in [4.69, 9.17) is 11.6 Å². The number of hydrogen-bond donors (Lipinski definition) is 1. The maximum atomic E-state index is 11.5. The van der Waals surface area contributed by atoms with Crippen LogP contribution in [-0.2, 0) is 4.79 Å². The van der Waals surface area contributed by atoms with Crippen LogP contribution in [0.15, 0.2) is 12.1 Å². The van der Waals surface area contributed by atoms with Crippen molar-refractivity contribution in [1.82, 2.24) is 0 Å². The topological polar surface area (TPSA) is 49.4 Å². The van der Waals surface area contributed by atoms with Crippen LogP contribution in [0, 0.1) is 0 Å². The van der Waals surface area contributed by atoms with E-state index in [1.165, 1.54) is 0 Å². The molecule has 0 aromatic heterocycles. The van der Waals surface area contributed by atoms with Crippen LogP contribution in [0.4, 0.5) is 11.4 Å². The number of amides is 1. The van der Waals surface area contributed by atoms with E-state index in [0.717, 1.165) is 25.2 Å². The number of rotatable bonds is 4. The minimum absolute atomic E-state index is 0.362. The Kier molecular flexibility index (Phi) is 3.57. The van der Waals surface area contributed by atoms with Crippen LogP contribution in [0.25, 0.3) is 0 Å². The van der Waals surface area contributed by atoms with E-state index in [1.807, 2.05) is 6.92 Å². The average Bonchev–Trinajstić information content (AvgIpc) is 2.62. The van der Waals surface area contributed by atoms with Gasteiger partial charge in [-0.25, -0.2) is 0 Å². The number of carbonyl (C=O) groups is 2. The van der Waals surface area contributed by atoms with E-state index >= 15 is 0 Å². The van der Waals surface area contributed by atoms with Crippen LogP contribution in [0.2, 0.25) is 5.02 Å². The van der Waals surface area contributed by atoms with Crippen molar-refractivity contribution in [3.05, 3.63) is 22.7 Å². The summed E-state index contributed by atoms with van der Waals surface area (Å²) in [6.45, 7) is 5.85. The van der Waals surface area contributed by atoms with Gasteiger partial charge in [0.05, 0.1) is 22.0 Å². The number of Topliss-reactive ketones (excluding diaryl/α,β-unsaturated/α-hetero) is 1. The zero-order valence-electron chi connectivity index (χ0n) is 10.4. The SMILES string of the molecule is CCCN(CC)c1cc2c(cc1Cl)C(=O)C(=O)N2. The van der Waals surface area contributed by atoms with E-state index in [2.05, 4.69) is 17.1 Å². The monoisotopic (exact) mass is 266 g/mol. The smallest absolute Gasteiger partial charge is 0.296 e. The molecule has 0 unspecified atom stereocenters. The van der Waals surface area contributed by atoms with Crippen LogP contribution in [0.1, 0.15) is 30.6 Å². The number of carbonyl (C=O) groups excluding carboxylic acids is 2. The Morgan fingerprint density at radius 1 is 1.28 bits per heavy atom. The zero-order chi connectivity index (χ0) is 13.3. The van der Waals surface area contributed by atoms with Gasteiger partial charge in [-0.1, -0.05) is 18.5 Å². The lowest BCUT2D eigenvalue weighted by Crippen LogP contribution is -2.23. The number of fused-ring (bicyclic) bond motifs is 1. The van der Waals surface area contributed by atoms with Crippen molar-refractivity contribution in [2.45, 2.75) is 20.3 Å². The van der Waals surface area contributed by atoms with Gasteiger partial charge < -0.3 is 10.2 Å². The molecule has 1 aromatic carbocycles. The Labute approximate surface area is 111 Å². The second-order valence-electron chi connectivity index (χ2n) is 4.21. The van der Waals surface area contributed by atoms with Crippen molar-refractivity contribution in [3.8, 4) is 0 Å². The van der Waals surface area contributed by atoms with Gasteiger partial charge in [0.1, 0.15) is 0 Å². The Balaban J connectivity index is 2.43. The standard InChI is InChI=1S/C13H15ClN2O2/c1-3-5-16(4-2)11-7-10-8(6-9(11)14)12(17)13(18)15-10/h6-7H,3-5H2,1-2H3,(H,15,17,18). The van der Waals surface area contributed by atoms with Gasteiger partial charge in [-0.05, 0) is 25.5 Å². The second-order valence-corrected chi connectivity index (χ2v) is 4.62. The highest BCUT2D eigenvalue weighted by Crippen LogP contribution is 2.35. The number of nitrogens with zero attached hydrogens (tertiary/aromatic N) is 1. The molecule has 0 bridgehead atoms. The Hall–Kier alpha value is -1.55. The molecular formula is C13H15ClN2O2. The summed E-state index contributed by atoms with van der Waals surface area (Å²) in [6, 6.07) is 3.35. The third-order valence-corrected chi connectivity index (χ3v) is 3.30. The zero-order valence-corrected chi connectivity index (χ0v) is 11.2. The average molecular weight is 267 g/mol. The van der Waals surface area contributed by atoms with Gasteiger partial charge in [-0.15, -0.1) is 0 Å². The summed E-state index contributed by atoms with van der Waals surface area (Å²) in [4.78, 5) is 25.0. The third-order valence-electron chi connectivity index (χ3n) is 3.00. The first-order chi connectivity index (χ1) is 8.58. The summed E-state index contributed by atoms with van der Waals surface area (Å²) in [5.41, 5.74) is 1.77. The van der Waals surface area contributed by atoms with Crippen LogP contribution in [0.3, 0.4) is 0 Å². The van der Waals surface area contributed by atoms with E-state index in [9.17, 15) is 9.59 Å². The fourth-order valence-corrected chi connectivity index (χ4v) is 2.40. The van der Waals surface area contributed by atoms with Crippen molar-refractivity contribution in [2.24, 2.45) is 0 Å². The first kappa shape index (κ1) is 12.9. The lowest BCUT2D eigenvalue weighted by molar-refractivity contribution is -0.112. The minimum Gasteiger partial charge on any atom is -0.371 e. The lowest BCUT2D eigenvalue weighted by atomic mass is 10.1. The van der Waals surface area contributed by atoms with Gasteiger partial charge in [0.25, 0.3) is 11.7 Å². The summed E-state index contributed by atoms with van der Waals surface area (Å²) >= 11 is 6.20. The molecule has 1 N–H and O–H groups in total. The number of benzene rings is 1. The Morgan fingerprint density at radius 3 is 2.61 bits per heavy atom. The van der Waals surface area contributed by atoms with E-state index < -0.39 is 11.7 Å². The molecule has 0 spiro atoms. The predicted octanol–water partition coefficient (Wildman–Crippen LogP) is 2.71. The molecule has 5 heteroatoms. The molecule has 1 amide bonds. The molecule has 0 aliphatic carbocycles. The number of nitrogens with one attached hydrogen (secondary N) is 1. The molecule has 0 saturated carbocycles. The number of hydrogen-bond acceptors (Lipinski definition) is 3. The summed E-state index contributed by atoms with van der Waals surface area (Å²) in [7, 11) is 0. The van der Waals surface area contributed by atoms with Crippen molar-refractivity contribution in [2.75, 3.05) is 23.3 Å². The molecule has 1 aliphatic rings. The highest BCUT2D eigenvalue weighted by Gasteiger charge is 2.29. The van der Waals surface area contributed by atoms with E-state index in [-0.39, 0.29) is 0 Å². The summed E-state index contributed by atoms with van der Waals surface area (Å²) in [5.74, 6) is -1.10. The van der Waals surface area contributed by atoms with E-state index in [1.54, 1.807) is 12.1 Å². The van der Waals surface area contributed by atoms with E-state index in [0.29, 0.717) is 16.3 Å². The summed E-state index contributed by atoms with van der Waals surface area (Å²) in [6.07, 6.45) is 1.01. The normalized spacial score (nSPS) is 13.5. The van der Waals surface area contributed by atoms with Gasteiger partial charge in [-0.3, -0.25) is 9.59 Å². The fraction of sp³-hybridized carbons (Fsp3) is 0.385. The number of anilines is 2. The fourth-order valence-electron chi connectivity index (χ4n) is 2.12. The van der Waals surface area contributed by atoms with Gasteiger partial charge in [-0.2, -0.15) is 0 Å². The van der Waals surface area contributed by atoms with Gasteiger partial charge >= 0.3 is 0 Å². The van der Waals surface area contributed by atoms with Crippen LogP contribution in [0.5, 0.6) is 0 Å².